The zero-order chi connectivity index (χ0) is 21.5. The summed E-state index contributed by atoms with van der Waals surface area (Å²) in [6, 6.07) is 18.2. The molecule has 0 bridgehead atoms. The quantitative estimate of drug-likeness (QED) is 0.184. The molecule has 2 aromatic heterocycles. The summed E-state index contributed by atoms with van der Waals surface area (Å²) in [7, 11) is 0. The Labute approximate surface area is 195 Å². The number of hydrogen-bond donors (Lipinski definition) is 0. The maximum absolute atomic E-state index is 13.2. The first-order valence-electron chi connectivity index (χ1n) is 10.5. The van der Waals surface area contributed by atoms with Gasteiger partial charge in [-0.05, 0) is 18.6 Å². The molecule has 0 radical (unpaired) electrons. The van der Waals surface area contributed by atoms with E-state index in [1.807, 2.05) is 46.7 Å². The Morgan fingerprint density at radius 2 is 1.81 bits per heavy atom. The molecular weight excluding hydrogens is 442 g/mol. The highest BCUT2D eigenvalue weighted by Crippen LogP contribution is 2.31. The molecule has 31 heavy (non-hydrogen) atoms. The van der Waals surface area contributed by atoms with Gasteiger partial charge < -0.3 is 0 Å². The van der Waals surface area contributed by atoms with Gasteiger partial charge in [0.05, 0.1) is 21.7 Å². The molecule has 0 N–H and O–H groups in total. The smallest absolute Gasteiger partial charge is 0.239 e. The van der Waals surface area contributed by atoms with Gasteiger partial charge in [0.15, 0.2) is 9.47 Å². The Balaban J connectivity index is 1.47. The highest BCUT2D eigenvalue weighted by Gasteiger charge is 2.20. The van der Waals surface area contributed by atoms with Gasteiger partial charge in [0.2, 0.25) is 5.91 Å². The number of aromatic nitrogens is 2. The molecule has 160 valence electrons. The van der Waals surface area contributed by atoms with Gasteiger partial charge >= 0.3 is 0 Å². The molecule has 0 spiro atoms. The summed E-state index contributed by atoms with van der Waals surface area (Å²) in [6.07, 6.45) is 4.49. The van der Waals surface area contributed by atoms with Crippen molar-refractivity contribution in [3.05, 3.63) is 60.0 Å². The Kier molecular flexibility index (Phi) is 7.72. The van der Waals surface area contributed by atoms with Crippen molar-refractivity contribution in [1.29, 1.82) is 0 Å². The molecule has 4 aromatic rings. The van der Waals surface area contributed by atoms with Crippen molar-refractivity contribution in [3.8, 4) is 11.3 Å². The van der Waals surface area contributed by atoms with Gasteiger partial charge in [0, 0.05) is 17.5 Å². The van der Waals surface area contributed by atoms with Gasteiger partial charge in [-0.1, -0.05) is 80.4 Å². The number of amides is 1. The topological polar surface area (TPSA) is 46.1 Å². The lowest BCUT2D eigenvalue weighted by Crippen LogP contribution is -2.33. The minimum atomic E-state index is 0.0923. The summed E-state index contributed by atoms with van der Waals surface area (Å²) >= 11 is 4.70. The number of rotatable bonds is 10. The lowest BCUT2D eigenvalue weighted by atomic mass is 10.2. The number of benzene rings is 2. The number of unbranched alkanes of at least 4 members (excludes halogenated alkanes) is 3. The second-order valence-electron chi connectivity index (χ2n) is 7.22. The highest BCUT2D eigenvalue weighted by atomic mass is 32.2. The molecule has 0 aliphatic rings. The van der Waals surface area contributed by atoms with E-state index in [9.17, 15) is 4.79 Å². The van der Waals surface area contributed by atoms with E-state index >= 15 is 0 Å². The number of carbonyl (C=O) groups is 1. The third kappa shape index (κ3) is 5.73. The summed E-state index contributed by atoms with van der Waals surface area (Å²) < 4.78 is 2.09. The van der Waals surface area contributed by atoms with Crippen LogP contribution < -0.4 is 4.90 Å². The van der Waals surface area contributed by atoms with Crippen molar-refractivity contribution in [1.82, 2.24) is 9.97 Å². The van der Waals surface area contributed by atoms with Crippen molar-refractivity contribution in [2.45, 2.75) is 36.9 Å². The van der Waals surface area contributed by atoms with Crippen LogP contribution in [0.2, 0.25) is 0 Å². The van der Waals surface area contributed by atoms with Crippen molar-refractivity contribution >= 4 is 55.7 Å². The molecule has 0 saturated heterocycles. The fourth-order valence-corrected chi connectivity index (χ4v) is 6.09. The maximum Gasteiger partial charge on any atom is 0.239 e. The summed E-state index contributed by atoms with van der Waals surface area (Å²) in [5.41, 5.74) is 2.99. The third-order valence-electron chi connectivity index (χ3n) is 4.92. The first-order chi connectivity index (χ1) is 15.2. The Morgan fingerprint density at radius 1 is 1.00 bits per heavy atom. The van der Waals surface area contributed by atoms with Crippen LogP contribution in [0.25, 0.3) is 21.5 Å². The van der Waals surface area contributed by atoms with Gasteiger partial charge in [-0.2, -0.15) is 0 Å². The second kappa shape index (κ2) is 10.9. The van der Waals surface area contributed by atoms with Gasteiger partial charge in [0.25, 0.3) is 0 Å². The monoisotopic (exact) mass is 467 g/mol. The normalized spacial score (nSPS) is 11.1. The number of thioether (sulfide) groups is 1. The molecule has 1 amide bonds. The summed E-state index contributed by atoms with van der Waals surface area (Å²) in [5.74, 6) is 0.461. The second-order valence-corrected chi connectivity index (χ2v) is 10.3. The number of para-hydroxylation sites is 1. The number of carbonyl (C=O) groups excluding carboxylic acids is 1. The largest absolute Gasteiger partial charge is 0.287 e. The molecule has 7 heteroatoms. The van der Waals surface area contributed by atoms with Gasteiger partial charge in [-0.25, -0.2) is 9.97 Å². The number of anilines is 1. The Hall–Kier alpha value is -2.22. The predicted molar refractivity (Wildman–Crippen MR) is 134 cm³/mol. The molecule has 2 heterocycles. The van der Waals surface area contributed by atoms with Crippen LogP contribution in [0.4, 0.5) is 5.13 Å². The van der Waals surface area contributed by atoms with E-state index in [-0.39, 0.29) is 5.91 Å². The van der Waals surface area contributed by atoms with Gasteiger partial charge in [-0.3, -0.25) is 9.69 Å². The van der Waals surface area contributed by atoms with Crippen LogP contribution in [0.15, 0.2) is 64.3 Å². The maximum atomic E-state index is 13.2. The minimum Gasteiger partial charge on any atom is -0.287 e. The SMILES string of the molecule is CCCCCCN(C(=O)CSc1nc2ccccc2s1)c1nc(-c2ccccc2)cs1. The van der Waals surface area contributed by atoms with E-state index in [0.29, 0.717) is 12.3 Å². The Morgan fingerprint density at radius 3 is 2.61 bits per heavy atom. The average Bonchev–Trinajstić information content (AvgIpc) is 3.45. The standard InChI is InChI=1S/C24H25N3OS3/c1-2-3-4-10-15-27(23-25-20(16-29-23)18-11-6-5-7-12-18)22(28)17-30-24-26-19-13-8-9-14-21(19)31-24/h5-9,11-14,16H,2-4,10,15,17H2,1H3. The fourth-order valence-electron chi connectivity index (χ4n) is 3.27. The molecule has 4 nitrogen and oxygen atoms in total. The van der Waals surface area contributed by atoms with Crippen LogP contribution in [-0.2, 0) is 4.79 Å². The first kappa shape index (κ1) is 22.0. The van der Waals surface area contributed by atoms with Crippen LogP contribution >= 0.6 is 34.4 Å². The molecule has 0 atom stereocenters. The number of fused-ring (bicyclic) bond motifs is 1. The van der Waals surface area contributed by atoms with Crippen LogP contribution in [0.3, 0.4) is 0 Å². The van der Waals surface area contributed by atoms with Crippen molar-refractivity contribution in [3.63, 3.8) is 0 Å². The first-order valence-corrected chi connectivity index (χ1v) is 13.2. The van der Waals surface area contributed by atoms with Crippen LogP contribution in [0.5, 0.6) is 0 Å². The van der Waals surface area contributed by atoms with Crippen molar-refractivity contribution in [2.75, 3.05) is 17.2 Å². The summed E-state index contributed by atoms with van der Waals surface area (Å²) in [5, 5.41) is 2.82. The average molecular weight is 468 g/mol. The number of nitrogens with zero attached hydrogens (tertiary/aromatic N) is 3. The number of thiazole rings is 2. The predicted octanol–water partition coefficient (Wildman–Crippen LogP) is 7.13. The zero-order valence-corrected chi connectivity index (χ0v) is 19.9. The van der Waals surface area contributed by atoms with E-state index in [2.05, 4.69) is 30.1 Å². The highest BCUT2D eigenvalue weighted by molar-refractivity contribution is 8.01. The molecule has 0 fully saturated rings. The molecule has 0 aliphatic carbocycles. The minimum absolute atomic E-state index is 0.0923. The van der Waals surface area contributed by atoms with Crippen molar-refractivity contribution in [2.24, 2.45) is 0 Å². The molecule has 2 aromatic carbocycles. The zero-order valence-electron chi connectivity index (χ0n) is 17.5. The van der Waals surface area contributed by atoms with Gasteiger partial charge in [-0.15, -0.1) is 22.7 Å². The molecular formula is C24H25N3OS3. The van der Waals surface area contributed by atoms with E-state index in [4.69, 9.17) is 4.98 Å². The van der Waals surface area contributed by atoms with E-state index in [1.165, 1.54) is 24.6 Å². The van der Waals surface area contributed by atoms with E-state index in [0.717, 1.165) is 43.8 Å². The lowest BCUT2D eigenvalue weighted by Gasteiger charge is -2.19. The van der Waals surface area contributed by atoms with Crippen LogP contribution in [0.1, 0.15) is 32.6 Å². The van der Waals surface area contributed by atoms with E-state index < -0.39 is 0 Å². The van der Waals surface area contributed by atoms with Crippen molar-refractivity contribution < 1.29 is 4.79 Å². The molecule has 0 aliphatic heterocycles. The van der Waals surface area contributed by atoms with Gasteiger partial charge in [0.1, 0.15) is 0 Å². The molecule has 4 rings (SSSR count). The molecule has 0 saturated carbocycles. The summed E-state index contributed by atoms with van der Waals surface area (Å²) in [4.78, 5) is 24.5. The Bertz CT molecular complexity index is 1090. The third-order valence-corrected chi connectivity index (χ3v) is 7.95. The summed E-state index contributed by atoms with van der Waals surface area (Å²) in [6.45, 7) is 2.91. The number of hydrogen-bond acceptors (Lipinski definition) is 6. The lowest BCUT2D eigenvalue weighted by molar-refractivity contribution is -0.116. The van der Waals surface area contributed by atoms with E-state index in [1.54, 1.807) is 22.7 Å². The fraction of sp³-hybridized carbons (Fsp3) is 0.292. The van der Waals surface area contributed by atoms with Crippen LogP contribution in [0, 0.1) is 0 Å². The van der Waals surface area contributed by atoms with Crippen LogP contribution in [-0.4, -0.2) is 28.2 Å². The molecule has 0 unspecified atom stereocenters.